The number of sulfone groups is 1. The summed E-state index contributed by atoms with van der Waals surface area (Å²) in [5.74, 6) is -1.10. The number of hydrogen-bond acceptors (Lipinski definition) is 5. The van der Waals surface area contributed by atoms with Crippen molar-refractivity contribution in [1.29, 1.82) is 0 Å². The van der Waals surface area contributed by atoms with Crippen LogP contribution in [0, 0.1) is 11.0 Å². The predicted molar refractivity (Wildman–Crippen MR) is 108 cm³/mol. The molecule has 0 radical (unpaired) electrons. The summed E-state index contributed by atoms with van der Waals surface area (Å²) in [6.07, 6.45) is 0.479. The quantitative estimate of drug-likeness (QED) is 0.657. The lowest BCUT2D eigenvalue weighted by molar-refractivity contribution is -0.111. The molecule has 5 nitrogen and oxygen atoms in total. The van der Waals surface area contributed by atoms with Gasteiger partial charge in [-0.2, -0.15) is 4.39 Å². The Kier molecular flexibility index (Phi) is 5.71. The highest BCUT2D eigenvalue weighted by molar-refractivity contribution is 7.92. The zero-order chi connectivity index (χ0) is 21.5. The van der Waals surface area contributed by atoms with Gasteiger partial charge in [-0.1, -0.05) is 29.5 Å². The SMILES string of the molecule is O=C(Nc1ncc(F)s1)/C(=C/C1C[C@@H](F)[C@@H](F)C1)c1ccc(S(=O)(=O)C2CC2)cc1. The van der Waals surface area contributed by atoms with Gasteiger partial charge < -0.3 is 0 Å². The molecular formula is C20H19F3N2O3S2. The third kappa shape index (κ3) is 4.44. The topological polar surface area (TPSA) is 76.1 Å². The molecule has 1 aromatic carbocycles. The summed E-state index contributed by atoms with van der Waals surface area (Å²) >= 11 is 0.652. The Morgan fingerprint density at radius 2 is 1.77 bits per heavy atom. The second-order valence-corrected chi connectivity index (χ2v) is 10.7. The maximum atomic E-state index is 13.6. The lowest BCUT2D eigenvalue weighted by Gasteiger charge is -2.12. The summed E-state index contributed by atoms with van der Waals surface area (Å²) in [6.45, 7) is 0. The third-order valence-corrected chi connectivity index (χ3v) is 8.23. The summed E-state index contributed by atoms with van der Waals surface area (Å²) in [4.78, 5) is 16.7. The fraction of sp³-hybridized carbons (Fsp3) is 0.400. The van der Waals surface area contributed by atoms with Crippen LogP contribution in [0.2, 0.25) is 0 Å². The van der Waals surface area contributed by atoms with Crippen LogP contribution < -0.4 is 5.32 Å². The van der Waals surface area contributed by atoms with Crippen LogP contribution in [-0.4, -0.2) is 36.9 Å². The zero-order valence-corrected chi connectivity index (χ0v) is 17.4. The number of carbonyl (C=O) groups is 1. The van der Waals surface area contributed by atoms with Crippen molar-refractivity contribution in [3.05, 3.63) is 47.2 Å². The minimum absolute atomic E-state index is 0.0437. The van der Waals surface area contributed by atoms with E-state index in [4.69, 9.17) is 0 Å². The van der Waals surface area contributed by atoms with E-state index in [0.717, 1.165) is 6.20 Å². The number of benzene rings is 1. The number of thiazole rings is 1. The van der Waals surface area contributed by atoms with Crippen LogP contribution in [0.4, 0.5) is 18.3 Å². The molecule has 2 aromatic rings. The van der Waals surface area contributed by atoms with Crippen molar-refractivity contribution in [2.45, 2.75) is 48.2 Å². The largest absolute Gasteiger partial charge is 0.298 e. The van der Waals surface area contributed by atoms with Crippen LogP contribution in [0.25, 0.3) is 5.57 Å². The number of rotatable bonds is 6. The van der Waals surface area contributed by atoms with Gasteiger partial charge in [-0.25, -0.2) is 22.2 Å². The van der Waals surface area contributed by atoms with Crippen molar-refractivity contribution in [3.8, 4) is 0 Å². The van der Waals surface area contributed by atoms with Crippen LogP contribution in [0.3, 0.4) is 0 Å². The van der Waals surface area contributed by atoms with Gasteiger partial charge in [0.1, 0.15) is 12.3 Å². The molecule has 10 heteroatoms. The van der Waals surface area contributed by atoms with Crippen molar-refractivity contribution in [1.82, 2.24) is 4.98 Å². The highest BCUT2D eigenvalue weighted by atomic mass is 32.2. The Balaban J connectivity index is 1.63. The molecule has 0 saturated heterocycles. The van der Waals surface area contributed by atoms with Crippen LogP contribution in [-0.2, 0) is 14.6 Å². The van der Waals surface area contributed by atoms with E-state index < -0.39 is 39.1 Å². The number of halogens is 3. The second-order valence-electron chi connectivity index (χ2n) is 7.54. The van der Waals surface area contributed by atoms with Crippen molar-refractivity contribution >= 4 is 37.8 Å². The molecule has 160 valence electrons. The first kappa shape index (κ1) is 21.0. The molecule has 4 rings (SSSR count). The van der Waals surface area contributed by atoms with Crippen molar-refractivity contribution < 1.29 is 26.4 Å². The lowest BCUT2D eigenvalue weighted by atomic mass is 9.98. The molecule has 1 unspecified atom stereocenters. The van der Waals surface area contributed by atoms with Gasteiger partial charge in [-0.05, 0) is 49.3 Å². The average molecular weight is 457 g/mol. The maximum absolute atomic E-state index is 13.6. The smallest absolute Gasteiger partial charge is 0.257 e. The number of hydrogen-bond donors (Lipinski definition) is 1. The highest BCUT2D eigenvalue weighted by Gasteiger charge is 2.37. The van der Waals surface area contributed by atoms with Gasteiger partial charge >= 0.3 is 0 Å². The standard InChI is InChI=1S/C20H19F3N2O3S2/c21-16-8-11(9-17(16)22)7-15(19(26)25-20-24-10-18(23)29-20)12-1-3-13(4-2-12)30(27,28)14-5-6-14/h1-4,7,10-11,14,16-17H,5-6,8-9H2,(H,24,25,26)/b15-7+/t11?,16-,17+. The highest BCUT2D eigenvalue weighted by Crippen LogP contribution is 2.36. The molecule has 0 aliphatic heterocycles. The number of nitrogens with zero attached hydrogens (tertiary/aromatic N) is 1. The van der Waals surface area contributed by atoms with Gasteiger partial charge in [0.2, 0.25) is 0 Å². The minimum atomic E-state index is -3.38. The first-order chi connectivity index (χ1) is 14.2. The van der Waals surface area contributed by atoms with Gasteiger partial charge in [0.05, 0.1) is 16.3 Å². The van der Waals surface area contributed by atoms with Crippen molar-refractivity contribution in [3.63, 3.8) is 0 Å². The van der Waals surface area contributed by atoms with Crippen LogP contribution in [0.15, 0.2) is 41.4 Å². The summed E-state index contributed by atoms with van der Waals surface area (Å²) in [5.41, 5.74) is 0.532. The maximum Gasteiger partial charge on any atom is 0.257 e. The summed E-state index contributed by atoms with van der Waals surface area (Å²) < 4.78 is 65.2. The zero-order valence-electron chi connectivity index (χ0n) is 15.7. The van der Waals surface area contributed by atoms with Crippen LogP contribution >= 0.6 is 11.3 Å². The molecule has 1 heterocycles. The number of carbonyl (C=O) groups excluding carboxylic acids is 1. The lowest BCUT2D eigenvalue weighted by Crippen LogP contribution is -2.15. The first-order valence-electron chi connectivity index (χ1n) is 9.51. The molecular weight excluding hydrogens is 437 g/mol. The van der Waals surface area contributed by atoms with Gasteiger partial charge in [0.15, 0.2) is 20.1 Å². The molecule has 2 fully saturated rings. The van der Waals surface area contributed by atoms with Crippen LogP contribution in [0.1, 0.15) is 31.2 Å². The van der Waals surface area contributed by atoms with Crippen molar-refractivity contribution in [2.24, 2.45) is 5.92 Å². The third-order valence-electron chi connectivity index (χ3n) is 5.25. The summed E-state index contributed by atoms with van der Waals surface area (Å²) in [7, 11) is -3.38. The van der Waals surface area contributed by atoms with Gasteiger partial charge in [0, 0.05) is 5.57 Å². The summed E-state index contributed by atoms with van der Waals surface area (Å²) in [6, 6.07) is 5.85. The second kappa shape index (κ2) is 8.14. The van der Waals surface area contributed by atoms with Crippen LogP contribution in [0.5, 0.6) is 0 Å². The Bertz CT molecular complexity index is 1070. The Hall–Kier alpha value is -2.20. The van der Waals surface area contributed by atoms with Gasteiger partial charge in [-0.15, -0.1) is 0 Å². The molecule has 1 N–H and O–H groups in total. The first-order valence-corrected chi connectivity index (χ1v) is 11.9. The van der Waals surface area contributed by atoms with Gasteiger partial charge in [-0.3, -0.25) is 10.1 Å². The predicted octanol–water partition coefficient (Wildman–Crippen LogP) is 4.33. The number of nitrogens with one attached hydrogen (secondary N) is 1. The van der Waals surface area contributed by atoms with E-state index in [1.54, 1.807) is 0 Å². The molecule has 2 aliphatic rings. The minimum Gasteiger partial charge on any atom is -0.298 e. The molecule has 0 bridgehead atoms. The molecule has 2 aliphatic carbocycles. The number of aromatic nitrogens is 1. The van der Waals surface area contributed by atoms with E-state index in [-0.39, 0.29) is 33.7 Å². The molecule has 1 aromatic heterocycles. The Morgan fingerprint density at radius 1 is 1.13 bits per heavy atom. The van der Waals surface area contributed by atoms with E-state index >= 15 is 0 Å². The normalized spacial score (nSPS) is 24.8. The molecule has 1 amide bonds. The fourth-order valence-electron chi connectivity index (χ4n) is 3.52. The summed E-state index contributed by atoms with van der Waals surface area (Å²) in [5, 5.41) is 1.61. The molecule has 2 saturated carbocycles. The van der Waals surface area contributed by atoms with E-state index in [1.165, 1.54) is 30.3 Å². The van der Waals surface area contributed by atoms with Crippen molar-refractivity contribution in [2.75, 3.05) is 5.32 Å². The number of alkyl halides is 2. The average Bonchev–Trinajstić information content (AvgIpc) is 3.42. The Morgan fingerprint density at radius 3 is 2.30 bits per heavy atom. The Labute approximate surface area is 175 Å². The molecule has 30 heavy (non-hydrogen) atoms. The van der Waals surface area contributed by atoms with E-state index in [0.29, 0.717) is 29.7 Å². The number of amides is 1. The number of allylic oxidation sites excluding steroid dienone is 1. The molecule has 0 spiro atoms. The fourth-order valence-corrected chi connectivity index (χ4v) is 5.71. The van der Waals surface area contributed by atoms with E-state index in [9.17, 15) is 26.4 Å². The molecule has 3 atom stereocenters. The van der Waals surface area contributed by atoms with E-state index in [1.807, 2.05) is 0 Å². The van der Waals surface area contributed by atoms with Gasteiger partial charge in [0.25, 0.3) is 5.91 Å². The van der Waals surface area contributed by atoms with E-state index in [2.05, 4.69) is 10.3 Å². The monoisotopic (exact) mass is 456 g/mol. The number of anilines is 1.